The molecule has 0 saturated carbocycles. The number of pyridine rings is 1. The van der Waals surface area contributed by atoms with Crippen LogP contribution in [0.3, 0.4) is 0 Å². The summed E-state index contributed by atoms with van der Waals surface area (Å²) in [6.45, 7) is 1.17. The average molecular weight is 433 g/mol. The summed E-state index contributed by atoms with van der Waals surface area (Å²) in [6, 6.07) is 10.2. The van der Waals surface area contributed by atoms with Crippen LogP contribution in [0.1, 0.15) is 12.0 Å². The van der Waals surface area contributed by atoms with E-state index in [9.17, 15) is 12.8 Å². The Balaban J connectivity index is 1.36. The van der Waals surface area contributed by atoms with E-state index >= 15 is 0 Å². The number of nitrogens with zero attached hydrogens (tertiary/aromatic N) is 3. The van der Waals surface area contributed by atoms with Gasteiger partial charge in [0.1, 0.15) is 11.6 Å². The number of hydrogen-bond acceptors (Lipinski definition) is 6. The molecule has 0 spiro atoms. The molecule has 4 rings (SSSR count). The Kier molecular flexibility index (Phi) is 5.62. The van der Waals surface area contributed by atoms with Gasteiger partial charge in [0.05, 0.1) is 11.1 Å². The lowest BCUT2D eigenvalue weighted by Crippen LogP contribution is -2.27. The zero-order valence-corrected chi connectivity index (χ0v) is 17.5. The van der Waals surface area contributed by atoms with Crippen LogP contribution in [-0.4, -0.2) is 42.0 Å². The molecule has 0 amide bonds. The molecule has 2 aromatic heterocycles. The van der Waals surface area contributed by atoms with Gasteiger partial charge >= 0.3 is 0 Å². The summed E-state index contributed by atoms with van der Waals surface area (Å²) in [4.78, 5) is 9.76. The lowest BCUT2D eigenvalue weighted by Gasteiger charge is -2.13. The zero-order valence-electron chi connectivity index (χ0n) is 15.9. The molecule has 1 atom stereocenters. The summed E-state index contributed by atoms with van der Waals surface area (Å²) in [5.74, 6) is 0.753. The monoisotopic (exact) mass is 432 g/mol. The summed E-state index contributed by atoms with van der Waals surface area (Å²) in [6.07, 6.45) is 6.52. The SMILES string of the molecule is CS(=O)(=O)N1CC[C@@H](Cc2ccc(Nc3ncc(-c4ccc(F)cc4)s3)nc2)C1. The quantitative estimate of drug-likeness (QED) is 0.639. The molecule has 1 N–H and O–H groups in total. The normalized spacial score (nSPS) is 17.5. The Labute approximate surface area is 173 Å². The van der Waals surface area contributed by atoms with Crippen LogP contribution < -0.4 is 5.32 Å². The summed E-state index contributed by atoms with van der Waals surface area (Å²) in [5.41, 5.74) is 2.00. The predicted octanol–water partition coefficient (Wildman–Crippen LogP) is 3.91. The van der Waals surface area contributed by atoms with Gasteiger partial charge in [0, 0.05) is 25.5 Å². The third-order valence-corrected chi connectivity index (χ3v) is 7.17. The first kappa shape index (κ1) is 19.9. The lowest BCUT2D eigenvalue weighted by atomic mass is 10.00. The van der Waals surface area contributed by atoms with Gasteiger partial charge in [-0.15, -0.1) is 0 Å². The molecule has 3 aromatic rings. The van der Waals surface area contributed by atoms with E-state index in [1.807, 2.05) is 18.3 Å². The topological polar surface area (TPSA) is 75.2 Å². The Morgan fingerprint density at radius 2 is 1.97 bits per heavy atom. The first-order valence-electron chi connectivity index (χ1n) is 9.26. The maximum atomic E-state index is 13.1. The predicted molar refractivity (Wildman–Crippen MR) is 113 cm³/mol. The highest BCUT2D eigenvalue weighted by atomic mass is 32.2. The first-order chi connectivity index (χ1) is 13.9. The van der Waals surface area contributed by atoms with Gasteiger partial charge in [-0.05, 0) is 48.1 Å². The van der Waals surface area contributed by atoms with E-state index in [2.05, 4.69) is 15.3 Å². The third-order valence-electron chi connectivity index (χ3n) is 4.94. The Bertz CT molecular complexity index is 1080. The lowest BCUT2D eigenvalue weighted by molar-refractivity contribution is 0.460. The van der Waals surface area contributed by atoms with E-state index in [0.29, 0.717) is 30.0 Å². The third kappa shape index (κ3) is 4.98. The molecule has 0 bridgehead atoms. The Morgan fingerprint density at radius 3 is 2.62 bits per heavy atom. The molecular formula is C20H21FN4O2S2. The van der Waals surface area contributed by atoms with Gasteiger partial charge in [-0.3, -0.25) is 0 Å². The van der Waals surface area contributed by atoms with Crippen molar-refractivity contribution in [3.63, 3.8) is 0 Å². The van der Waals surface area contributed by atoms with Crippen molar-refractivity contribution in [2.24, 2.45) is 5.92 Å². The van der Waals surface area contributed by atoms with Gasteiger partial charge in [0.15, 0.2) is 5.13 Å². The van der Waals surface area contributed by atoms with E-state index in [1.54, 1.807) is 22.6 Å². The number of benzene rings is 1. The summed E-state index contributed by atoms with van der Waals surface area (Å²) >= 11 is 1.47. The molecule has 1 aliphatic rings. The number of sulfonamides is 1. The standard InChI is InChI=1S/C20H21FN4O2S2/c1-29(26,27)25-9-8-15(13-25)10-14-2-7-19(22-11-14)24-20-23-12-18(28-20)16-3-5-17(21)6-4-16/h2-7,11-12,15H,8-10,13H2,1H3,(H,22,23,24)/t15-/m0/s1. The van der Waals surface area contributed by atoms with Gasteiger partial charge in [0.2, 0.25) is 10.0 Å². The summed E-state index contributed by atoms with van der Waals surface area (Å²) < 4.78 is 37.9. The molecule has 0 unspecified atom stereocenters. The fraction of sp³-hybridized carbons (Fsp3) is 0.300. The number of hydrogen-bond donors (Lipinski definition) is 1. The number of halogens is 1. The van der Waals surface area contributed by atoms with Crippen molar-refractivity contribution in [2.75, 3.05) is 24.7 Å². The van der Waals surface area contributed by atoms with Crippen molar-refractivity contribution in [3.8, 4) is 10.4 Å². The minimum Gasteiger partial charge on any atom is -0.316 e. The van der Waals surface area contributed by atoms with Crippen molar-refractivity contribution in [3.05, 3.63) is 60.2 Å². The molecule has 6 nitrogen and oxygen atoms in total. The molecule has 152 valence electrons. The largest absolute Gasteiger partial charge is 0.316 e. The van der Waals surface area contributed by atoms with Crippen molar-refractivity contribution in [1.29, 1.82) is 0 Å². The number of thiazole rings is 1. The van der Waals surface area contributed by atoms with Crippen LogP contribution in [0.2, 0.25) is 0 Å². The van der Waals surface area contributed by atoms with Crippen molar-refractivity contribution >= 4 is 32.3 Å². The maximum absolute atomic E-state index is 13.1. The second-order valence-corrected chi connectivity index (χ2v) is 10.2. The highest BCUT2D eigenvalue weighted by molar-refractivity contribution is 7.88. The summed E-state index contributed by atoms with van der Waals surface area (Å²) in [5, 5.41) is 3.90. The van der Waals surface area contributed by atoms with Crippen LogP contribution in [0.15, 0.2) is 48.8 Å². The number of aromatic nitrogens is 2. The second-order valence-electron chi connectivity index (χ2n) is 7.19. The Hall–Kier alpha value is -2.36. The smallest absolute Gasteiger partial charge is 0.211 e. The molecule has 9 heteroatoms. The van der Waals surface area contributed by atoms with E-state index in [0.717, 1.165) is 28.8 Å². The molecule has 1 fully saturated rings. The van der Waals surface area contributed by atoms with Gasteiger partial charge in [-0.2, -0.15) is 0 Å². The van der Waals surface area contributed by atoms with Crippen LogP contribution in [0, 0.1) is 11.7 Å². The van der Waals surface area contributed by atoms with E-state index in [1.165, 1.54) is 29.7 Å². The molecule has 1 aromatic carbocycles. The molecule has 0 radical (unpaired) electrons. The number of nitrogens with one attached hydrogen (secondary N) is 1. The van der Waals surface area contributed by atoms with Crippen LogP contribution >= 0.6 is 11.3 Å². The van der Waals surface area contributed by atoms with Gasteiger partial charge in [0.25, 0.3) is 0 Å². The second kappa shape index (κ2) is 8.17. The molecule has 29 heavy (non-hydrogen) atoms. The first-order valence-corrected chi connectivity index (χ1v) is 11.9. The van der Waals surface area contributed by atoms with Crippen molar-refractivity contribution < 1.29 is 12.8 Å². The fourth-order valence-electron chi connectivity index (χ4n) is 3.41. The van der Waals surface area contributed by atoms with Crippen molar-refractivity contribution in [1.82, 2.24) is 14.3 Å². The number of anilines is 2. The van der Waals surface area contributed by atoms with Gasteiger partial charge in [-0.1, -0.05) is 29.5 Å². The minimum atomic E-state index is -3.11. The maximum Gasteiger partial charge on any atom is 0.211 e. The molecule has 1 saturated heterocycles. The highest BCUT2D eigenvalue weighted by Gasteiger charge is 2.28. The molecule has 0 aliphatic carbocycles. The fourth-order valence-corrected chi connectivity index (χ4v) is 5.15. The van der Waals surface area contributed by atoms with Gasteiger partial charge in [-0.25, -0.2) is 27.1 Å². The summed E-state index contributed by atoms with van der Waals surface area (Å²) in [7, 11) is -3.11. The van der Waals surface area contributed by atoms with Crippen LogP contribution in [0.4, 0.5) is 15.3 Å². The van der Waals surface area contributed by atoms with Crippen LogP contribution in [0.5, 0.6) is 0 Å². The van der Waals surface area contributed by atoms with E-state index < -0.39 is 10.0 Å². The van der Waals surface area contributed by atoms with E-state index in [-0.39, 0.29) is 5.82 Å². The average Bonchev–Trinajstić information content (AvgIpc) is 3.34. The van der Waals surface area contributed by atoms with Crippen molar-refractivity contribution in [2.45, 2.75) is 12.8 Å². The highest BCUT2D eigenvalue weighted by Crippen LogP contribution is 2.30. The van der Waals surface area contributed by atoms with E-state index in [4.69, 9.17) is 0 Å². The zero-order chi connectivity index (χ0) is 20.4. The Morgan fingerprint density at radius 1 is 1.17 bits per heavy atom. The molecule has 1 aliphatic heterocycles. The van der Waals surface area contributed by atoms with Crippen LogP contribution in [0.25, 0.3) is 10.4 Å². The van der Waals surface area contributed by atoms with Gasteiger partial charge < -0.3 is 5.32 Å². The molecule has 3 heterocycles. The number of rotatable bonds is 6. The molecular weight excluding hydrogens is 411 g/mol. The van der Waals surface area contributed by atoms with Crippen LogP contribution in [-0.2, 0) is 16.4 Å². The minimum absolute atomic E-state index is 0.262.